The fourth-order valence-electron chi connectivity index (χ4n) is 1.75. The van der Waals surface area contributed by atoms with Crippen LogP contribution < -0.4 is 10.5 Å². The van der Waals surface area contributed by atoms with E-state index in [9.17, 15) is 4.79 Å². The van der Waals surface area contributed by atoms with Gasteiger partial charge in [0.25, 0.3) is 0 Å². The summed E-state index contributed by atoms with van der Waals surface area (Å²) in [4.78, 5) is 10.9. The lowest BCUT2D eigenvalue weighted by molar-refractivity contribution is 0.1000. The molecule has 0 spiro atoms. The molecule has 2 aromatic carbocycles. The third-order valence-electron chi connectivity index (χ3n) is 2.98. The zero-order valence-electron chi connectivity index (χ0n) is 10.9. The fourth-order valence-corrected chi connectivity index (χ4v) is 1.75. The lowest BCUT2D eigenvalue weighted by Crippen LogP contribution is -2.10. The largest absolute Gasteiger partial charge is 0.489 e. The summed E-state index contributed by atoms with van der Waals surface area (Å²) in [7, 11) is 0. The van der Waals surface area contributed by atoms with Gasteiger partial charge in [0, 0.05) is 5.56 Å². The van der Waals surface area contributed by atoms with Crippen LogP contribution in [0, 0.1) is 0 Å². The summed E-state index contributed by atoms with van der Waals surface area (Å²) in [5.74, 6) is 0.429. The molecule has 0 radical (unpaired) electrons. The number of hydrogen-bond acceptors (Lipinski definition) is 2. The van der Waals surface area contributed by atoms with E-state index < -0.39 is 5.91 Å². The topological polar surface area (TPSA) is 52.3 Å². The van der Waals surface area contributed by atoms with Gasteiger partial charge in [-0.2, -0.15) is 0 Å². The minimum atomic E-state index is -0.414. The van der Waals surface area contributed by atoms with Crippen LogP contribution in [-0.4, -0.2) is 5.91 Å². The first kappa shape index (κ1) is 13.1. The molecule has 2 aromatic rings. The Labute approximate surface area is 113 Å². The van der Waals surface area contributed by atoms with E-state index in [1.165, 1.54) is 5.56 Å². The van der Waals surface area contributed by atoms with E-state index in [-0.39, 0.29) is 0 Å². The van der Waals surface area contributed by atoms with E-state index in [0.717, 1.165) is 17.7 Å². The number of primary amides is 1. The third kappa shape index (κ3) is 3.58. The van der Waals surface area contributed by atoms with Gasteiger partial charge in [0.1, 0.15) is 12.4 Å². The number of carbonyl (C=O) groups is 1. The van der Waals surface area contributed by atoms with Crippen LogP contribution in [0.15, 0.2) is 48.5 Å². The molecule has 19 heavy (non-hydrogen) atoms. The van der Waals surface area contributed by atoms with Crippen molar-refractivity contribution in [1.29, 1.82) is 0 Å². The summed E-state index contributed by atoms with van der Waals surface area (Å²) >= 11 is 0. The van der Waals surface area contributed by atoms with E-state index in [1.807, 2.05) is 24.3 Å². The monoisotopic (exact) mass is 255 g/mol. The Morgan fingerprint density at radius 1 is 1.00 bits per heavy atom. The van der Waals surface area contributed by atoms with Crippen LogP contribution in [0.1, 0.15) is 28.4 Å². The van der Waals surface area contributed by atoms with Crippen LogP contribution in [0.3, 0.4) is 0 Å². The van der Waals surface area contributed by atoms with Gasteiger partial charge in [-0.3, -0.25) is 4.79 Å². The number of nitrogens with two attached hydrogens (primary N) is 1. The second-order valence-corrected chi connectivity index (χ2v) is 4.35. The normalized spacial score (nSPS) is 10.2. The quantitative estimate of drug-likeness (QED) is 0.893. The molecule has 3 nitrogen and oxygen atoms in total. The first-order chi connectivity index (χ1) is 9.19. The van der Waals surface area contributed by atoms with Gasteiger partial charge < -0.3 is 10.5 Å². The standard InChI is InChI=1S/C16H17NO2/c1-2-12-5-9-15(10-6-12)19-11-13-3-7-14(8-4-13)16(17)18/h3-10H,2,11H2,1H3,(H2,17,18). The smallest absolute Gasteiger partial charge is 0.248 e. The maximum absolute atomic E-state index is 10.9. The van der Waals surface area contributed by atoms with Gasteiger partial charge in [0.2, 0.25) is 5.91 Å². The van der Waals surface area contributed by atoms with Crippen molar-refractivity contribution >= 4 is 5.91 Å². The van der Waals surface area contributed by atoms with Crippen molar-refractivity contribution in [2.45, 2.75) is 20.0 Å². The molecule has 0 aliphatic rings. The molecular weight excluding hydrogens is 238 g/mol. The lowest BCUT2D eigenvalue weighted by atomic mass is 10.1. The zero-order chi connectivity index (χ0) is 13.7. The molecule has 0 aliphatic carbocycles. The summed E-state index contributed by atoms with van der Waals surface area (Å²) in [6.07, 6.45) is 1.02. The highest BCUT2D eigenvalue weighted by Gasteiger charge is 2.00. The van der Waals surface area contributed by atoms with Crippen LogP contribution in [-0.2, 0) is 13.0 Å². The zero-order valence-corrected chi connectivity index (χ0v) is 10.9. The Kier molecular flexibility index (Phi) is 4.18. The third-order valence-corrected chi connectivity index (χ3v) is 2.98. The molecular formula is C16H17NO2. The van der Waals surface area contributed by atoms with Crippen LogP contribution in [0.4, 0.5) is 0 Å². The molecule has 1 amide bonds. The van der Waals surface area contributed by atoms with Gasteiger partial charge >= 0.3 is 0 Å². The number of hydrogen-bond donors (Lipinski definition) is 1. The summed E-state index contributed by atoms with van der Waals surface area (Å²) in [6.45, 7) is 2.60. The van der Waals surface area contributed by atoms with Crippen molar-refractivity contribution in [2.24, 2.45) is 5.73 Å². The van der Waals surface area contributed by atoms with Crippen LogP contribution in [0.25, 0.3) is 0 Å². The maximum Gasteiger partial charge on any atom is 0.248 e. The number of benzene rings is 2. The van der Waals surface area contributed by atoms with Crippen molar-refractivity contribution in [3.63, 3.8) is 0 Å². The summed E-state index contributed by atoms with van der Waals surface area (Å²) in [6, 6.07) is 15.2. The molecule has 3 heteroatoms. The molecule has 0 bridgehead atoms. The summed E-state index contributed by atoms with van der Waals surface area (Å²) in [5.41, 5.74) is 7.99. The molecule has 0 aromatic heterocycles. The summed E-state index contributed by atoms with van der Waals surface area (Å²) in [5, 5.41) is 0. The average Bonchev–Trinajstić information content (AvgIpc) is 2.46. The number of rotatable bonds is 5. The van der Waals surface area contributed by atoms with E-state index in [4.69, 9.17) is 10.5 Å². The highest BCUT2D eigenvalue weighted by Crippen LogP contribution is 2.14. The van der Waals surface area contributed by atoms with Crippen molar-refractivity contribution in [1.82, 2.24) is 0 Å². The number of amides is 1. The number of ether oxygens (including phenoxy) is 1. The van der Waals surface area contributed by atoms with Crippen molar-refractivity contribution < 1.29 is 9.53 Å². The van der Waals surface area contributed by atoms with Gasteiger partial charge in [-0.05, 0) is 41.8 Å². The Balaban J connectivity index is 1.95. The molecule has 0 unspecified atom stereocenters. The van der Waals surface area contributed by atoms with Crippen molar-refractivity contribution in [2.75, 3.05) is 0 Å². The van der Waals surface area contributed by atoms with Crippen molar-refractivity contribution in [3.05, 3.63) is 65.2 Å². The van der Waals surface area contributed by atoms with Gasteiger partial charge in [-0.1, -0.05) is 31.2 Å². The number of aryl methyl sites for hydroxylation is 1. The molecule has 0 heterocycles. The second-order valence-electron chi connectivity index (χ2n) is 4.35. The van der Waals surface area contributed by atoms with Gasteiger partial charge in [-0.15, -0.1) is 0 Å². The number of carbonyl (C=O) groups excluding carboxylic acids is 1. The Morgan fingerprint density at radius 3 is 2.11 bits per heavy atom. The molecule has 2 rings (SSSR count). The highest BCUT2D eigenvalue weighted by atomic mass is 16.5. The van der Waals surface area contributed by atoms with Crippen molar-refractivity contribution in [3.8, 4) is 5.75 Å². The van der Waals surface area contributed by atoms with Crippen LogP contribution in [0.5, 0.6) is 5.75 Å². The molecule has 0 saturated carbocycles. The fraction of sp³-hybridized carbons (Fsp3) is 0.188. The van der Waals surface area contributed by atoms with Gasteiger partial charge in [0.15, 0.2) is 0 Å². The van der Waals surface area contributed by atoms with E-state index in [1.54, 1.807) is 12.1 Å². The Hall–Kier alpha value is -2.29. The summed E-state index contributed by atoms with van der Waals surface area (Å²) < 4.78 is 5.68. The molecule has 0 aliphatic heterocycles. The van der Waals surface area contributed by atoms with Gasteiger partial charge in [0.05, 0.1) is 0 Å². The highest BCUT2D eigenvalue weighted by molar-refractivity contribution is 5.92. The van der Waals surface area contributed by atoms with Crippen LogP contribution in [0.2, 0.25) is 0 Å². The molecule has 0 fully saturated rings. The predicted molar refractivity (Wildman–Crippen MR) is 75.1 cm³/mol. The van der Waals surface area contributed by atoms with Gasteiger partial charge in [-0.25, -0.2) is 0 Å². The minimum absolute atomic E-state index is 0.414. The predicted octanol–water partition coefficient (Wildman–Crippen LogP) is 2.93. The first-order valence-electron chi connectivity index (χ1n) is 6.29. The Bertz CT molecular complexity index is 544. The minimum Gasteiger partial charge on any atom is -0.489 e. The lowest BCUT2D eigenvalue weighted by Gasteiger charge is -2.07. The molecule has 2 N–H and O–H groups in total. The molecule has 0 saturated heterocycles. The SMILES string of the molecule is CCc1ccc(OCc2ccc(C(N)=O)cc2)cc1. The maximum atomic E-state index is 10.9. The molecule has 0 atom stereocenters. The van der Waals surface area contributed by atoms with E-state index in [0.29, 0.717) is 12.2 Å². The first-order valence-corrected chi connectivity index (χ1v) is 6.29. The van der Waals surface area contributed by atoms with E-state index >= 15 is 0 Å². The Morgan fingerprint density at radius 2 is 1.58 bits per heavy atom. The second kappa shape index (κ2) is 6.05. The van der Waals surface area contributed by atoms with Crippen LogP contribution >= 0.6 is 0 Å². The molecule has 98 valence electrons. The van der Waals surface area contributed by atoms with E-state index in [2.05, 4.69) is 19.1 Å². The average molecular weight is 255 g/mol.